The predicted molar refractivity (Wildman–Crippen MR) is 85.9 cm³/mol. The summed E-state index contributed by atoms with van der Waals surface area (Å²) in [5.74, 6) is 0.0747. The molecule has 4 nitrogen and oxygen atoms in total. The van der Waals surface area contributed by atoms with Crippen LogP contribution in [0.3, 0.4) is 0 Å². The van der Waals surface area contributed by atoms with Gasteiger partial charge in [0.1, 0.15) is 0 Å². The Morgan fingerprint density at radius 2 is 1.86 bits per heavy atom. The van der Waals surface area contributed by atoms with Crippen molar-refractivity contribution in [1.29, 1.82) is 0 Å². The smallest absolute Gasteiger partial charge is 0.240 e. The largest absolute Gasteiger partial charge is 0.397 e. The highest BCUT2D eigenvalue weighted by Gasteiger charge is 2.16. The Hall–Kier alpha value is -1.56. The van der Waals surface area contributed by atoms with E-state index < -0.39 is 10.0 Å². The second-order valence-corrected chi connectivity index (χ2v) is 7.02. The van der Waals surface area contributed by atoms with Crippen molar-refractivity contribution in [2.24, 2.45) is 0 Å². The van der Waals surface area contributed by atoms with Gasteiger partial charge in [-0.15, -0.1) is 0 Å². The lowest BCUT2D eigenvalue weighted by Gasteiger charge is -2.13. The van der Waals surface area contributed by atoms with Crippen molar-refractivity contribution in [2.75, 3.05) is 12.3 Å². The second-order valence-electron chi connectivity index (χ2n) is 4.85. The van der Waals surface area contributed by atoms with Crippen molar-refractivity contribution in [3.8, 4) is 0 Å². The van der Waals surface area contributed by atoms with Crippen LogP contribution in [0.25, 0.3) is 0 Å². The third kappa shape index (κ3) is 3.97. The molecule has 0 aromatic heterocycles. The van der Waals surface area contributed by atoms with Crippen LogP contribution < -0.4 is 10.5 Å². The number of sulfonamides is 1. The molecular formula is C15H17ClN2O2S. The lowest BCUT2D eigenvalue weighted by Crippen LogP contribution is -2.27. The summed E-state index contributed by atoms with van der Waals surface area (Å²) in [7, 11) is -3.59. The first-order valence-electron chi connectivity index (χ1n) is 6.50. The molecule has 0 aliphatic heterocycles. The quantitative estimate of drug-likeness (QED) is 0.830. The van der Waals surface area contributed by atoms with E-state index in [0.717, 1.165) is 5.56 Å². The summed E-state index contributed by atoms with van der Waals surface area (Å²) in [5, 5.41) is 0.339. The van der Waals surface area contributed by atoms with Gasteiger partial charge in [-0.25, -0.2) is 13.1 Å². The molecule has 0 fully saturated rings. The van der Waals surface area contributed by atoms with Gasteiger partial charge >= 0.3 is 0 Å². The summed E-state index contributed by atoms with van der Waals surface area (Å²) in [6.45, 7) is 2.28. The fourth-order valence-corrected chi connectivity index (χ4v) is 3.19. The van der Waals surface area contributed by atoms with Crippen LogP contribution in [0.4, 0.5) is 5.69 Å². The van der Waals surface area contributed by atoms with Gasteiger partial charge in [-0.1, -0.05) is 48.9 Å². The van der Waals surface area contributed by atoms with E-state index >= 15 is 0 Å². The highest BCUT2D eigenvalue weighted by atomic mass is 35.5. The molecule has 1 atom stereocenters. The van der Waals surface area contributed by atoms with Gasteiger partial charge in [0.15, 0.2) is 0 Å². The number of nitrogen functional groups attached to an aromatic ring is 1. The molecule has 0 saturated heterocycles. The van der Waals surface area contributed by atoms with Crippen molar-refractivity contribution in [2.45, 2.75) is 17.7 Å². The van der Waals surface area contributed by atoms with Crippen LogP contribution in [0.1, 0.15) is 18.4 Å². The Balaban J connectivity index is 2.09. The van der Waals surface area contributed by atoms with Gasteiger partial charge in [0, 0.05) is 6.54 Å². The molecule has 21 heavy (non-hydrogen) atoms. The van der Waals surface area contributed by atoms with Crippen molar-refractivity contribution in [3.63, 3.8) is 0 Å². The van der Waals surface area contributed by atoms with Crippen LogP contribution in [0.2, 0.25) is 5.02 Å². The molecular weight excluding hydrogens is 308 g/mol. The first-order chi connectivity index (χ1) is 9.90. The minimum absolute atomic E-state index is 0.0747. The van der Waals surface area contributed by atoms with Crippen molar-refractivity contribution < 1.29 is 8.42 Å². The maximum Gasteiger partial charge on any atom is 0.240 e. The predicted octanol–water partition coefficient (Wildman–Crippen LogP) is 3.00. The lowest BCUT2D eigenvalue weighted by atomic mass is 10.0. The van der Waals surface area contributed by atoms with Gasteiger partial charge in [-0.2, -0.15) is 0 Å². The number of benzene rings is 2. The Morgan fingerprint density at radius 3 is 2.48 bits per heavy atom. The number of hydrogen-bond acceptors (Lipinski definition) is 3. The minimum Gasteiger partial charge on any atom is -0.397 e. The molecule has 1 unspecified atom stereocenters. The van der Waals surface area contributed by atoms with Crippen molar-refractivity contribution in [3.05, 3.63) is 59.1 Å². The average Bonchev–Trinajstić information content (AvgIpc) is 2.48. The molecule has 0 heterocycles. The van der Waals surface area contributed by atoms with E-state index in [-0.39, 0.29) is 16.5 Å². The molecule has 2 rings (SSSR count). The van der Waals surface area contributed by atoms with E-state index in [0.29, 0.717) is 11.6 Å². The van der Waals surface area contributed by atoms with E-state index in [4.69, 9.17) is 17.3 Å². The Morgan fingerprint density at radius 1 is 1.19 bits per heavy atom. The summed E-state index contributed by atoms with van der Waals surface area (Å²) in [4.78, 5) is 0.115. The van der Waals surface area contributed by atoms with Crippen LogP contribution in [-0.2, 0) is 10.0 Å². The third-order valence-electron chi connectivity index (χ3n) is 3.23. The van der Waals surface area contributed by atoms with Gasteiger partial charge < -0.3 is 5.73 Å². The van der Waals surface area contributed by atoms with Crippen molar-refractivity contribution >= 4 is 27.3 Å². The molecule has 0 saturated carbocycles. The van der Waals surface area contributed by atoms with E-state index in [1.807, 2.05) is 37.3 Å². The molecule has 112 valence electrons. The molecule has 2 aromatic carbocycles. The maximum atomic E-state index is 12.2. The Bertz CT molecular complexity index is 718. The normalized spacial score (nSPS) is 13.0. The summed E-state index contributed by atoms with van der Waals surface area (Å²) >= 11 is 5.80. The average molecular weight is 325 g/mol. The molecule has 0 aliphatic rings. The third-order valence-corrected chi connectivity index (χ3v) is 4.99. The van der Waals surface area contributed by atoms with Gasteiger partial charge in [0.05, 0.1) is 15.6 Å². The maximum absolute atomic E-state index is 12.2. The van der Waals surface area contributed by atoms with Crippen LogP contribution in [-0.4, -0.2) is 15.0 Å². The SMILES string of the molecule is CC(CNS(=O)(=O)c1ccc(Cl)c(N)c1)c1ccccc1. The Kier molecular flexibility index (Phi) is 4.88. The van der Waals surface area contributed by atoms with Crippen molar-refractivity contribution in [1.82, 2.24) is 4.72 Å². The first-order valence-corrected chi connectivity index (χ1v) is 8.36. The van der Waals surface area contributed by atoms with E-state index in [1.54, 1.807) is 0 Å². The zero-order valence-electron chi connectivity index (χ0n) is 11.6. The summed E-state index contributed by atoms with van der Waals surface area (Å²) in [5.41, 5.74) is 6.97. The van der Waals surface area contributed by atoms with Crippen LogP contribution >= 0.6 is 11.6 Å². The molecule has 0 radical (unpaired) electrons. The molecule has 3 N–H and O–H groups in total. The topological polar surface area (TPSA) is 72.2 Å². The molecule has 2 aromatic rings. The first kappa shape index (κ1) is 15.8. The van der Waals surface area contributed by atoms with E-state index in [1.165, 1.54) is 18.2 Å². The molecule has 6 heteroatoms. The number of nitrogens with one attached hydrogen (secondary N) is 1. The number of nitrogens with two attached hydrogens (primary N) is 1. The number of anilines is 1. The summed E-state index contributed by atoms with van der Waals surface area (Å²) in [6, 6.07) is 14.0. The lowest BCUT2D eigenvalue weighted by molar-refractivity contribution is 0.575. The molecule has 0 aliphatic carbocycles. The number of hydrogen-bond donors (Lipinski definition) is 2. The summed E-state index contributed by atoms with van der Waals surface area (Å²) < 4.78 is 27.0. The minimum atomic E-state index is -3.59. The standard InChI is InChI=1S/C15H17ClN2O2S/c1-11(12-5-3-2-4-6-12)10-18-21(19,20)13-7-8-14(16)15(17)9-13/h2-9,11,18H,10,17H2,1H3. The fourth-order valence-electron chi connectivity index (χ4n) is 1.91. The van der Waals surface area contributed by atoms with Gasteiger partial charge in [0.25, 0.3) is 0 Å². The van der Waals surface area contributed by atoms with E-state index in [9.17, 15) is 8.42 Å². The molecule has 0 bridgehead atoms. The highest BCUT2D eigenvalue weighted by molar-refractivity contribution is 7.89. The van der Waals surface area contributed by atoms with Crippen LogP contribution in [0.5, 0.6) is 0 Å². The van der Waals surface area contributed by atoms with Crippen LogP contribution in [0.15, 0.2) is 53.4 Å². The zero-order chi connectivity index (χ0) is 15.5. The fraction of sp³-hybridized carbons (Fsp3) is 0.200. The monoisotopic (exact) mass is 324 g/mol. The summed E-state index contributed by atoms with van der Waals surface area (Å²) in [6.07, 6.45) is 0. The molecule has 0 spiro atoms. The zero-order valence-corrected chi connectivity index (χ0v) is 13.2. The van der Waals surface area contributed by atoms with Gasteiger partial charge in [0.2, 0.25) is 10.0 Å². The van der Waals surface area contributed by atoms with E-state index in [2.05, 4.69) is 4.72 Å². The van der Waals surface area contributed by atoms with Crippen LogP contribution in [0, 0.1) is 0 Å². The van der Waals surface area contributed by atoms with Gasteiger partial charge in [-0.3, -0.25) is 0 Å². The highest BCUT2D eigenvalue weighted by Crippen LogP contribution is 2.22. The Labute approximate surface area is 130 Å². The number of halogens is 1. The molecule has 0 amide bonds. The number of rotatable bonds is 5. The second kappa shape index (κ2) is 6.47. The van der Waals surface area contributed by atoms with Gasteiger partial charge in [-0.05, 0) is 29.7 Å².